The highest BCUT2D eigenvalue weighted by Crippen LogP contribution is 2.19. The summed E-state index contributed by atoms with van der Waals surface area (Å²) in [7, 11) is 0. The minimum Gasteiger partial charge on any atom is -0.300 e. The fourth-order valence-electron chi connectivity index (χ4n) is 2.04. The van der Waals surface area contributed by atoms with Crippen LogP contribution in [0.2, 0.25) is 0 Å². The predicted octanol–water partition coefficient (Wildman–Crippen LogP) is 2.56. The SMILES string of the molecule is CCC1CCCN1CCCN=[N+]=[N-]. The lowest BCUT2D eigenvalue weighted by atomic mass is 10.2. The van der Waals surface area contributed by atoms with Crippen molar-refractivity contribution in [2.75, 3.05) is 19.6 Å². The van der Waals surface area contributed by atoms with Gasteiger partial charge in [0.15, 0.2) is 0 Å². The Labute approximate surface area is 79.5 Å². The average Bonchev–Trinajstić information content (AvgIpc) is 2.60. The number of hydrogen-bond donors (Lipinski definition) is 0. The van der Waals surface area contributed by atoms with E-state index in [0.717, 1.165) is 19.0 Å². The van der Waals surface area contributed by atoms with E-state index in [9.17, 15) is 0 Å². The van der Waals surface area contributed by atoms with Crippen LogP contribution in [0.4, 0.5) is 0 Å². The maximum absolute atomic E-state index is 8.10. The van der Waals surface area contributed by atoms with Crippen LogP contribution in [-0.2, 0) is 0 Å². The molecule has 1 atom stereocenters. The van der Waals surface area contributed by atoms with Crippen LogP contribution < -0.4 is 0 Å². The van der Waals surface area contributed by atoms with E-state index in [1.165, 1.54) is 25.8 Å². The van der Waals surface area contributed by atoms with E-state index in [0.29, 0.717) is 6.54 Å². The summed E-state index contributed by atoms with van der Waals surface area (Å²) in [6, 6.07) is 0.783. The summed E-state index contributed by atoms with van der Waals surface area (Å²) in [5, 5.41) is 3.54. The van der Waals surface area contributed by atoms with Gasteiger partial charge in [0, 0.05) is 17.5 Å². The van der Waals surface area contributed by atoms with Gasteiger partial charge >= 0.3 is 0 Å². The fourth-order valence-corrected chi connectivity index (χ4v) is 2.04. The van der Waals surface area contributed by atoms with Crippen molar-refractivity contribution in [3.63, 3.8) is 0 Å². The summed E-state index contributed by atoms with van der Waals surface area (Å²) in [5.74, 6) is 0. The number of hydrogen-bond acceptors (Lipinski definition) is 2. The molecule has 0 spiro atoms. The van der Waals surface area contributed by atoms with Gasteiger partial charge in [-0.25, -0.2) is 0 Å². The largest absolute Gasteiger partial charge is 0.300 e. The molecule has 0 aromatic carbocycles. The van der Waals surface area contributed by atoms with Gasteiger partial charge in [-0.05, 0) is 44.3 Å². The summed E-state index contributed by atoms with van der Waals surface area (Å²) in [6.07, 6.45) is 4.93. The van der Waals surface area contributed by atoms with Crippen LogP contribution in [0.15, 0.2) is 5.11 Å². The quantitative estimate of drug-likeness (QED) is 0.279. The van der Waals surface area contributed by atoms with Crippen LogP contribution in [0, 0.1) is 0 Å². The first-order valence-corrected chi connectivity index (χ1v) is 5.13. The molecule has 0 aromatic heterocycles. The topological polar surface area (TPSA) is 52.0 Å². The molecule has 0 aromatic rings. The van der Waals surface area contributed by atoms with Gasteiger partial charge in [0.05, 0.1) is 0 Å². The Balaban J connectivity index is 2.16. The molecule has 0 radical (unpaired) electrons. The molecule has 1 saturated heterocycles. The Morgan fingerprint density at radius 3 is 3.15 bits per heavy atom. The number of likely N-dealkylation sites (tertiary alicyclic amines) is 1. The van der Waals surface area contributed by atoms with Crippen LogP contribution >= 0.6 is 0 Å². The third kappa shape index (κ3) is 3.25. The van der Waals surface area contributed by atoms with Crippen molar-refractivity contribution in [1.29, 1.82) is 0 Å². The molecule has 4 nitrogen and oxygen atoms in total. The van der Waals surface area contributed by atoms with Crippen LogP contribution in [0.3, 0.4) is 0 Å². The van der Waals surface area contributed by atoms with E-state index in [1.54, 1.807) is 0 Å². The first kappa shape index (κ1) is 10.4. The molecule has 0 amide bonds. The van der Waals surface area contributed by atoms with Gasteiger partial charge in [0.25, 0.3) is 0 Å². The molecule has 4 heteroatoms. The molecule has 13 heavy (non-hydrogen) atoms. The minimum absolute atomic E-state index is 0.642. The Kier molecular flexibility index (Phi) is 4.65. The molecule has 1 unspecified atom stereocenters. The predicted molar refractivity (Wildman–Crippen MR) is 53.5 cm³/mol. The zero-order valence-electron chi connectivity index (χ0n) is 8.32. The second kappa shape index (κ2) is 5.84. The Bertz CT molecular complexity index is 186. The van der Waals surface area contributed by atoms with Crippen LogP contribution in [0.5, 0.6) is 0 Å². The van der Waals surface area contributed by atoms with Gasteiger partial charge in [0.1, 0.15) is 0 Å². The van der Waals surface area contributed by atoms with E-state index in [1.807, 2.05) is 0 Å². The monoisotopic (exact) mass is 182 g/mol. The number of azide groups is 1. The molecular weight excluding hydrogens is 164 g/mol. The van der Waals surface area contributed by atoms with E-state index in [-0.39, 0.29) is 0 Å². The van der Waals surface area contributed by atoms with Crippen molar-refractivity contribution in [3.8, 4) is 0 Å². The molecule has 0 aliphatic carbocycles. The highest BCUT2D eigenvalue weighted by molar-refractivity contribution is 4.77. The summed E-state index contributed by atoms with van der Waals surface area (Å²) >= 11 is 0. The highest BCUT2D eigenvalue weighted by atomic mass is 15.2. The Hall–Kier alpha value is -0.730. The van der Waals surface area contributed by atoms with Gasteiger partial charge in [-0.1, -0.05) is 12.0 Å². The minimum atomic E-state index is 0.642. The average molecular weight is 182 g/mol. The van der Waals surface area contributed by atoms with Gasteiger partial charge in [-0.15, -0.1) is 0 Å². The summed E-state index contributed by atoms with van der Waals surface area (Å²) in [4.78, 5) is 5.27. The van der Waals surface area contributed by atoms with Crippen LogP contribution in [0.25, 0.3) is 10.4 Å². The molecule has 0 bridgehead atoms. The Morgan fingerprint density at radius 1 is 1.62 bits per heavy atom. The lowest BCUT2D eigenvalue weighted by Crippen LogP contribution is -2.30. The summed E-state index contributed by atoms with van der Waals surface area (Å²) in [5.41, 5.74) is 8.10. The van der Waals surface area contributed by atoms with Gasteiger partial charge in [-0.2, -0.15) is 0 Å². The molecule has 74 valence electrons. The maximum atomic E-state index is 8.10. The number of nitrogens with zero attached hydrogens (tertiary/aromatic N) is 4. The Morgan fingerprint density at radius 2 is 2.46 bits per heavy atom. The van der Waals surface area contributed by atoms with Gasteiger partial charge < -0.3 is 4.90 Å². The molecule has 1 heterocycles. The van der Waals surface area contributed by atoms with Crippen molar-refractivity contribution in [2.24, 2.45) is 5.11 Å². The van der Waals surface area contributed by atoms with Crippen molar-refractivity contribution >= 4 is 0 Å². The second-order valence-electron chi connectivity index (χ2n) is 3.55. The van der Waals surface area contributed by atoms with Crippen molar-refractivity contribution in [2.45, 2.75) is 38.6 Å². The maximum Gasteiger partial charge on any atom is 0.0270 e. The molecule has 1 fully saturated rings. The highest BCUT2D eigenvalue weighted by Gasteiger charge is 2.21. The van der Waals surface area contributed by atoms with Crippen LogP contribution in [-0.4, -0.2) is 30.6 Å². The van der Waals surface area contributed by atoms with Crippen molar-refractivity contribution < 1.29 is 0 Å². The number of rotatable bonds is 5. The molecule has 1 aliphatic rings. The standard InChI is InChI=1S/C9H18N4/c1-2-9-5-3-7-13(9)8-4-6-11-12-10/h9H,2-8H2,1H3. The fraction of sp³-hybridized carbons (Fsp3) is 1.00. The first-order chi connectivity index (χ1) is 6.38. The van der Waals surface area contributed by atoms with E-state index in [4.69, 9.17) is 5.53 Å². The molecule has 1 rings (SSSR count). The first-order valence-electron chi connectivity index (χ1n) is 5.13. The lowest BCUT2D eigenvalue weighted by Gasteiger charge is -2.22. The van der Waals surface area contributed by atoms with E-state index < -0.39 is 0 Å². The van der Waals surface area contributed by atoms with Crippen LogP contribution in [0.1, 0.15) is 32.6 Å². The van der Waals surface area contributed by atoms with Crippen molar-refractivity contribution in [1.82, 2.24) is 4.90 Å². The smallest absolute Gasteiger partial charge is 0.0270 e. The van der Waals surface area contributed by atoms with Gasteiger partial charge in [0.2, 0.25) is 0 Å². The third-order valence-electron chi connectivity index (χ3n) is 2.74. The third-order valence-corrected chi connectivity index (χ3v) is 2.74. The zero-order valence-corrected chi connectivity index (χ0v) is 8.32. The molecule has 1 aliphatic heterocycles. The van der Waals surface area contributed by atoms with E-state index >= 15 is 0 Å². The summed E-state index contributed by atoms with van der Waals surface area (Å²) < 4.78 is 0. The lowest BCUT2D eigenvalue weighted by molar-refractivity contribution is 0.247. The zero-order chi connectivity index (χ0) is 9.52. The van der Waals surface area contributed by atoms with E-state index in [2.05, 4.69) is 21.8 Å². The second-order valence-corrected chi connectivity index (χ2v) is 3.55. The molecule has 0 saturated carbocycles. The summed E-state index contributed by atoms with van der Waals surface area (Å²) in [6.45, 7) is 5.21. The van der Waals surface area contributed by atoms with Gasteiger partial charge in [-0.3, -0.25) is 0 Å². The molecular formula is C9H18N4. The normalized spacial score (nSPS) is 23.0. The van der Waals surface area contributed by atoms with Crippen molar-refractivity contribution in [3.05, 3.63) is 10.4 Å². The molecule has 0 N–H and O–H groups in total.